The van der Waals surface area contributed by atoms with Crippen LogP contribution in [0.15, 0.2) is 11.6 Å². The Morgan fingerprint density at radius 1 is 0.405 bits per heavy atom. The van der Waals surface area contributed by atoms with E-state index in [9.17, 15) is 0 Å². The monoisotopic (exact) mass is 615 g/mol. The summed E-state index contributed by atoms with van der Waals surface area (Å²) in [4.78, 5) is 0. The van der Waals surface area contributed by atoms with Crippen LogP contribution in [-0.2, 0) is 0 Å². The van der Waals surface area contributed by atoms with E-state index < -0.39 is 0 Å². The highest BCUT2D eigenvalue weighted by molar-refractivity contribution is 7.80. The molecule has 0 amide bonds. The number of nitrogens with one attached hydrogen (secondary N) is 8. The molecule has 8 nitrogen and oxygen atoms in total. The zero-order valence-corrected chi connectivity index (χ0v) is 28.9. The van der Waals surface area contributed by atoms with Crippen LogP contribution in [0.25, 0.3) is 0 Å². The first-order chi connectivity index (χ1) is 20.8. The number of unbranched alkanes of at least 4 members (excludes halogenated alkanes) is 6. The molecule has 0 fully saturated rings. The van der Waals surface area contributed by atoms with Crippen LogP contribution in [0.5, 0.6) is 0 Å². The third-order valence-electron chi connectivity index (χ3n) is 7.33. The van der Waals surface area contributed by atoms with Crippen molar-refractivity contribution < 1.29 is 0 Å². The number of hydrogen-bond acceptors (Lipinski definition) is 9. The van der Waals surface area contributed by atoms with Crippen LogP contribution in [-0.4, -0.2) is 110 Å². The van der Waals surface area contributed by atoms with Crippen LogP contribution in [0.4, 0.5) is 0 Å². The van der Waals surface area contributed by atoms with E-state index in [0.717, 1.165) is 110 Å². The van der Waals surface area contributed by atoms with E-state index in [4.69, 9.17) is 0 Å². The zero-order chi connectivity index (χ0) is 30.4. The van der Waals surface area contributed by atoms with Crippen LogP contribution in [0.3, 0.4) is 0 Å². The molecule has 9 heteroatoms. The van der Waals surface area contributed by atoms with Crippen molar-refractivity contribution in [2.75, 3.05) is 110 Å². The van der Waals surface area contributed by atoms with Crippen LogP contribution in [0.1, 0.15) is 90.9 Å². The van der Waals surface area contributed by atoms with Crippen molar-refractivity contribution in [1.82, 2.24) is 42.5 Å². The second kappa shape index (κ2) is 38.8. The lowest BCUT2D eigenvalue weighted by molar-refractivity contribution is 0.545. The molecule has 0 aliphatic carbocycles. The molecule has 0 aromatic rings. The molecule has 0 saturated carbocycles. The van der Waals surface area contributed by atoms with Gasteiger partial charge in [0.25, 0.3) is 0 Å². The van der Waals surface area contributed by atoms with Crippen LogP contribution in [0, 0.1) is 0 Å². The fraction of sp³-hybridized carbons (Fsp3) is 0.939. The van der Waals surface area contributed by atoms with Crippen molar-refractivity contribution in [3.8, 4) is 0 Å². The molecule has 0 spiro atoms. The molecule has 0 unspecified atom stereocenters. The van der Waals surface area contributed by atoms with Gasteiger partial charge in [-0.3, -0.25) is 0 Å². The van der Waals surface area contributed by atoms with E-state index in [0.29, 0.717) is 0 Å². The molecule has 42 heavy (non-hydrogen) atoms. The van der Waals surface area contributed by atoms with Crippen LogP contribution >= 0.6 is 12.6 Å². The second-order valence-electron chi connectivity index (χ2n) is 11.4. The summed E-state index contributed by atoms with van der Waals surface area (Å²) < 4.78 is 0. The fourth-order valence-electron chi connectivity index (χ4n) is 4.61. The lowest BCUT2D eigenvalue weighted by atomic mass is 10.2. The van der Waals surface area contributed by atoms with Gasteiger partial charge in [0.05, 0.1) is 0 Å². The van der Waals surface area contributed by atoms with Gasteiger partial charge in [0.1, 0.15) is 0 Å². The Morgan fingerprint density at radius 3 is 1.00 bits per heavy atom. The van der Waals surface area contributed by atoms with Crippen LogP contribution in [0.2, 0.25) is 0 Å². The summed E-state index contributed by atoms with van der Waals surface area (Å²) in [6.45, 7) is 22.0. The highest BCUT2D eigenvalue weighted by Crippen LogP contribution is 1.96. The molecule has 8 N–H and O–H groups in total. The van der Waals surface area contributed by atoms with E-state index in [1.165, 1.54) is 82.6 Å². The quantitative estimate of drug-likeness (QED) is 0.0299. The Bertz CT molecular complexity index is 524. The average molecular weight is 615 g/mol. The molecule has 0 aromatic carbocycles. The van der Waals surface area contributed by atoms with E-state index in [1.54, 1.807) is 0 Å². The summed E-state index contributed by atoms with van der Waals surface area (Å²) in [6.07, 6.45) is 17.4. The van der Waals surface area contributed by atoms with Gasteiger partial charge in [-0.1, -0.05) is 19.9 Å². The smallest absolute Gasteiger partial charge is 0.0173 e. The predicted octanol–water partition coefficient (Wildman–Crippen LogP) is 3.28. The molecular weight excluding hydrogens is 540 g/mol. The Kier molecular flexibility index (Phi) is 38.6. The topological polar surface area (TPSA) is 96.2 Å². The van der Waals surface area contributed by atoms with Gasteiger partial charge in [-0.15, -0.1) is 0 Å². The predicted molar refractivity (Wildman–Crippen MR) is 192 cm³/mol. The first kappa shape index (κ1) is 41.8. The lowest BCUT2D eigenvalue weighted by Crippen LogP contribution is -2.23. The highest BCUT2D eigenvalue weighted by atomic mass is 32.1. The van der Waals surface area contributed by atoms with Gasteiger partial charge >= 0.3 is 0 Å². The maximum absolute atomic E-state index is 4.52. The molecule has 0 aliphatic rings. The highest BCUT2D eigenvalue weighted by Gasteiger charge is 1.97. The number of hydrogen-bond donors (Lipinski definition) is 9. The Morgan fingerprint density at radius 2 is 0.690 bits per heavy atom. The molecule has 0 radical (unpaired) electrons. The third-order valence-corrected chi connectivity index (χ3v) is 7.74. The lowest BCUT2D eigenvalue weighted by Gasteiger charge is -2.09. The van der Waals surface area contributed by atoms with Gasteiger partial charge < -0.3 is 42.5 Å². The second-order valence-corrected chi connectivity index (χ2v) is 11.7. The van der Waals surface area contributed by atoms with Crippen molar-refractivity contribution in [1.29, 1.82) is 0 Å². The fourth-order valence-corrected chi connectivity index (χ4v) is 4.85. The molecule has 0 aliphatic heterocycles. The molecule has 0 aromatic heterocycles. The molecule has 0 saturated heterocycles. The van der Waals surface area contributed by atoms with Crippen molar-refractivity contribution in [2.24, 2.45) is 0 Å². The Balaban J connectivity index is 3.31. The minimum atomic E-state index is 0.830. The molecule has 0 heterocycles. The summed E-state index contributed by atoms with van der Waals surface area (Å²) in [5, 5.41) is 28.2. The maximum Gasteiger partial charge on any atom is 0.0173 e. The van der Waals surface area contributed by atoms with E-state index >= 15 is 0 Å². The van der Waals surface area contributed by atoms with Gasteiger partial charge in [-0.25, -0.2) is 0 Å². The minimum absolute atomic E-state index is 0.830. The largest absolute Gasteiger partial charge is 0.317 e. The summed E-state index contributed by atoms with van der Waals surface area (Å²) in [6, 6.07) is 0. The standard InChI is InChI=1S/C33H74N8S/c1-3-34-18-5-7-20-36-22-9-11-24-38-26-13-14-28-40-30-17-33(32-42)31-41-29-16-15-27-39-25-12-10-23-37-21-8-6-19-35-4-2/h17,34-42H,3-16,18-32H2,1-2H3/b33-17+. The summed E-state index contributed by atoms with van der Waals surface area (Å²) in [5.74, 6) is 0.830. The average Bonchev–Trinajstić information content (AvgIpc) is 3.00. The van der Waals surface area contributed by atoms with Gasteiger partial charge in [-0.05, 0) is 174 Å². The molecular formula is C33H74N8S. The Hall–Kier alpha value is -0.230. The van der Waals surface area contributed by atoms with E-state index in [-0.39, 0.29) is 0 Å². The SMILES string of the molecule is CCNCCCCNCCCCNCCCCNC/C=C(/CS)CNCCCCNCCCCNCCCCNCC. The normalized spacial score (nSPS) is 12.0. The first-order valence-corrected chi connectivity index (χ1v) is 18.4. The van der Waals surface area contributed by atoms with Gasteiger partial charge in [0.15, 0.2) is 0 Å². The molecule has 0 atom stereocenters. The molecule has 0 rings (SSSR count). The van der Waals surface area contributed by atoms with Gasteiger partial charge in [0.2, 0.25) is 0 Å². The molecule has 252 valence electrons. The van der Waals surface area contributed by atoms with E-state index in [1.807, 2.05) is 0 Å². The third kappa shape index (κ3) is 36.0. The summed E-state index contributed by atoms with van der Waals surface area (Å²) >= 11 is 4.52. The van der Waals surface area contributed by atoms with Crippen molar-refractivity contribution >= 4 is 12.6 Å². The summed E-state index contributed by atoms with van der Waals surface area (Å²) in [7, 11) is 0. The van der Waals surface area contributed by atoms with Gasteiger partial charge in [0, 0.05) is 18.8 Å². The summed E-state index contributed by atoms with van der Waals surface area (Å²) in [5.41, 5.74) is 1.39. The number of thiol groups is 1. The van der Waals surface area contributed by atoms with Crippen molar-refractivity contribution in [2.45, 2.75) is 90.9 Å². The molecule has 0 bridgehead atoms. The minimum Gasteiger partial charge on any atom is -0.317 e. The van der Waals surface area contributed by atoms with Crippen molar-refractivity contribution in [3.05, 3.63) is 11.6 Å². The van der Waals surface area contributed by atoms with E-state index in [2.05, 4.69) is 75.1 Å². The maximum atomic E-state index is 4.52. The number of rotatable bonds is 37. The van der Waals surface area contributed by atoms with Crippen molar-refractivity contribution in [3.63, 3.8) is 0 Å². The zero-order valence-electron chi connectivity index (χ0n) is 28.0. The first-order valence-electron chi connectivity index (χ1n) is 17.8. The van der Waals surface area contributed by atoms with Gasteiger partial charge in [-0.2, -0.15) is 12.6 Å². The Labute approximate surface area is 267 Å². The van der Waals surface area contributed by atoms with Crippen LogP contribution < -0.4 is 42.5 Å².